The summed E-state index contributed by atoms with van der Waals surface area (Å²) < 4.78 is 5.22. The molecule has 3 heteroatoms. The molecule has 0 amide bonds. The van der Waals surface area contributed by atoms with Gasteiger partial charge in [-0.2, -0.15) is 0 Å². The van der Waals surface area contributed by atoms with Gasteiger partial charge in [0.25, 0.3) is 0 Å². The zero-order valence-electron chi connectivity index (χ0n) is 13.4. The number of hydrogen-bond donors (Lipinski definition) is 1. The summed E-state index contributed by atoms with van der Waals surface area (Å²) in [6.45, 7) is 9.76. The van der Waals surface area contributed by atoms with E-state index in [9.17, 15) is 0 Å². The molecule has 0 bridgehead atoms. The highest BCUT2D eigenvalue weighted by molar-refractivity contribution is 5.40. The summed E-state index contributed by atoms with van der Waals surface area (Å²) in [7, 11) is 1.77. The Labute approximate surface area is 124 Å². The fourth-order valence-corrected chi connectivity index (χ4v) is 2.37. The van der Waals surface area contributed by atoms with Crippen molar-refractivity contribution < 1.29 is 4.74 Å². The van der Waals surface area contributed by atoms with E-state index in [1.54, 1.807) is 7.11 Å². The molecule has 0 radical (unpaired) electrons. The molecule has 0 aliphatic heterocycles. The van der Waals surface area contributed by atoms with E-state index in [1.165, 1.54) is 12.0 Å². The minimum Gasteiger partial charge on any atom is -0.399 e. The highest BCUT2D eigenvalue weighted by Crippen LogP contribution is 2.21. The third-order valence-electron chi connectivity index (χ3n) is 4.15. The van der Waals surface area contributed by atoms with Crippen LogP contribution in [0.2, 0.25) is 0 Å². The van der Waals surface area contributed by atoms with E-state index in [0.29, 0.717) is 12.0 Å². The number of methoxy groups -OCH3 is 1. The van der Waals surface area contributed by atoms with Crippen LogP contribution in [0.15, 0.2) is 24.3 Å². The molecule has 3 nitrogen and oxygen atoms in total. The van der Waals surface area contributed by atoms with Crippen LogP contribution in [0.3, 0.4) is 0 Å². The van der Waals surface area contributed by atoms with Gasteiger partial charge in [0.2, 0.25) is 0 Å². The Morgan fingerprint density at radius 3 is 2.35 bits per heavy atom. The summed E-state index contributed by atoms with van der Waals surface area (Å²) in [5.74, 6) is 0.560. The van der Waals surface area contributed by atoms with Gasteiger partial charge in [-0.25, -0.2) is 0 Å². The molecular formula is C17H30N2O. The van der Waals surface area contributed by atoms with Gasteiger partial charge in [-0.05, 0) is 49.9 Å². The summed E-state index contributed by atoms with van der Waals surface area (Å²) >= 11 is 0. The Morgan fingerprint density at radius 2 is 1.80 bits per heavy atom. The molecule has 1 rings (SSSR count). The molecule has 0 saturated carbocycles. The summed E-state index contributed by atoms with van der Waals surface area (Å²) in [6, 6.07) is 8.88. The molecular weight excluding hydrogens is 248 g/mol. The van der Waals surface area contributed by atoms with Crippen molar-refractivity contribution in [3.8, 4) is 0 Å². The zero-order valence-corrected chi connectivity index (χ0v) is 13.4. The lowest BCUT2D eigenvalue weighted by molar-refractivity contribution is 0.120. The number of benzene rings is 1. The van der Waals surface area contributed by atoms with Crippen LogP contribution in [-0.4, -0.2) is 37.7 Å². The van der Waals surface area contributed by atoms with Crippen LogP contribution in [-0.2, 0) is 4.74 Å². The minimum atomic E-state index is 0.560. The fourth-order valence-electron chi connectivity index (χ4n) is 2.37. The van der Waals surface area contributed by atoms with E-state index in [0.717, 1.165) is 31.8 Å². The maximum Gasteiger partial charge on any atom is 0.0589 e. The van der Waals surface area contributed by atoms with Crippen molar-refractivity contribution in [1.29, 1.82) is 0 Å². The summed E-state index contributed by atoms with van der Waals surface area (Å²) in [6.07, 6.45) is 2.35. The highest BCUT2D eigenvalue weighted by Gasteiger charge is 2.14. The lowest BCUT2D eigenvalue weighted by Crippen LogP contribution is -2.36. The number of nitrogens with zero attached hydrogens (tertiary/aromatic N) is 1. The van der Waals surface area contributed by atoms with Gasteiger partial charge in [0.1, 0.15) is 0 Å². The molecule has 0 spiro atoms. The van der Waals surface area contributed by atoms with Crippen LogP contribution < -0.4 is 5.73 Å². The van der Waals surface area contributed by atoms with Crippen LogP contribution in [0.4, 0.5) is 5.69 Å². The third kappa shape index (κ3) is 5.51. The van der Waals surface area contributed by atoms with Gasteiger partial charge in [0, 0.05) is 25.4 Å². The molecule has 0 heterocycles. The monoisotopic (exact) mass is 278 g/mol. The van der Waals surface area contributed by atoms with Crippen LogP contribution in [0, 0.1) is 0 Å². The lowest BCUT2D eigenvalue weighted by Gasteiger charge is -2.29. The average Bonchev–Trinajstić information content (AvgIpc) is 2.47. The maximum atomic E-state index is 5.74. The molecule has 0 fully saturated rings. The van der Waals surface area contributed by atoms with E-state index in [2.05, 4.69) is 37.8 Å². The number of rotatable bonds is 9. The zero-order chi connectivity index (χ0) is 15.0. The molecule has 114 valence electrons. The Morgan fingerprint density at radius 1 is 1.15 bits per heavy atom. The first kappa shape index (κ1) is 17.0. The van der Waals surface area contributed by atoms with Crippen LogP contribution in [0.1, 0.15) is 45.1 Å². The van der Waals surface area contributed by atoms with Crippen LogP contribution in [0.25, 0.3) is 0 Å². The molecule has 1 aromatic carbocycles. The first-order valence-corrected chi connectivity index (χ1v) is 7.66. The second kappa shape index (κ2) is 8.98. The highest BCUT2D eigenvalue weighted by atomic mass is 16.5. The fraction of sp³-hybridized carbons (Fsp3) is 0.647. The van der Waals surface area contributed by atoms with Gasteiger partial charge in [-0.1, -0.05) is 26.0 Å². The third-order valence-corrected chi connectivity index (χ3v) is 4.15. The van der Waals surface area contributed by atoms with Gasteiger partial charge >= 0.3 is 0 Å². The number of nitrogen functional groups attached to an aromatic ring is 1. The molecule has 2 unspecified atom stereocenters. The van der Waals surface area contributed by atoms with Crippen molar-refractivity contribution in [2.45, 2.75) is 45.6 Å². The summed E-state index contributed by atoms with van der Waals surface area (Å²) in [4.78, 5) is 2.53. The lowest BCUT2D eigenvalue weighted by atomic mass is 9.97. The van der Waals surface area contributed by atoms with E-state index in [-0.39, 0.29) is 0 Å². The standard InChI is InChI=1S/C17H30N2O/c1-5-15(3)19(12-13-20-4)11-10-14(2)16-6-8-17(18)9-7-16/h6-9,14-15H,5,10-13,18H2,1-4H3. The molecule has 20 heavy (non-hydrogen) atoms. The molecule has 1 aromatic rings. The quantitative estimate of drug-likeness (QED) is 0.703. The minimum absolute atomic E-state index is 0.560. The first-order chi connectivity index (χ1) is 9.58. The van der Waals surface area contributed by atoms with Crippen molar-refractivity contribution in [2.24, 2.45) is 0 Å². The van der Waals surface area contributed by atoms with E-state index >= 15 is 0 Å². The molecule has 0 aliphatic carbocycles. The molecule has 0 aromatic heterocycles. The maximum absolute atomic E-state index is 5.74. The van der Waals surface area contributed by atoms with Gasteiger partial charge in [-0.15, -0.1) is 0 Å². The SMILES string of the molecule is CCC(C)N(CCOC)CCC(C)c1ccc(N)cc1. The van der Waals surface area contributed by atoms with Crippen molar-refractivity contribution in [3.63, 3.8) is 0 Å². The summed E-state index contributed by atoms with van der Waals surface area (Å²) in [5, 5.41) is 0. The number of ether oxygens (including phenoxy) is 1. The number of anilines is 1. The predicted molar refractivity (Wildman–Crippen MR) is 87.1 cm³/mol. The van der Waals surface area contributed by atoms with E-state index in [1.807, 2.05) is 12.1 Å². The largest absolute Gasteiger partial charge is 0.399 e. The van der Waals surface area contributed by atoms with Gasteiger partial charge in [-0.3, -0.25) is 4.90 Å². The molecule has 0 saturated heterocycles. The normalized spacial score (nSPS) is 14.4. The van der Waals surface area contributed by atoms with E-state index in [4.69, 9.17) is 10.5 Å². The van der Waals surface area contributed by atoms with Crippen molar-refractivity contribution in [2.75, 3.05) is 32.5 Å². The Balaban J connectivity index is 2.50. The van der Waals surface area contributed by atoms with Crippen molar-refractivity contribution in [1.82, 2.24) is 4.90 Å². The van der Waals surface area contributed by atoms with E-state index < -0.39 is 0 Å². The van der Waals surface area contributed by atoms with Crippen LogP contribution in [0.5, 0.6) is 0 Å². The second-order valence-corrected chi connectivity index (χ2v) is 5.64. The smallest absolute Gasteiger partial charge is 0.0589 e. The molecule has 2 N–H and O–H groups in total. The first-order valence-electron chi connectivity index (χ1n) is 7.66. The summed E-state index contributed by atoms with van der Waals surface area (Å²) in [5.41, 5.74) is 7.95. The van der Waals surface area contributed by atoms with Crippen LogP contribution >= 0.6 is 0 Å². The molecule has 0 aliphatic rings. The number of nitrogens with two attached hydrogens (primary N) is 1. The Bertz CT molecular complexity index is 364. The Hall–Kier alpha value is -1.06. The van der Waals surface area contributed by atoms with Crippen molar-refractivity contribution >= 4 is 5.69 Å². The van der Waals surface area contributed by atoms with Crippen molar-refractivity contribution in [3.05, 3.63) is 29.8 Å². The Kier molecular flexibility index (Phi) is 7.63. The predicted octanol–water partition coefficient (Wildman–Crippen LogP) is 3.51. The topological polar surface area (TPSA) is 38.5 Å². The second-order valence-electron chi connectivity index (χ2n) is 5.64. The molecule has 2 atom stereocenters. The average molecular weight is 278 g/mol. The number of hydrogen-bond acceptors (Lipinski definition) is 3. The van der Waals surface area contributed by atoms with Gasteiger partial charge in [0.05, 0.1) is 6.61 Å². The van der Waals surface area contributed by atoms with Gasteiger partial charge < -0.3 is 10.5 Å². The van der Waals surface area contributed by atoms with Gasteiger partial charge in [0.15, 0.2) is 0 Å².